The molecule has 0 aromatic carbocycles. The van der Waals surface area contributed by atoms with Gasteiger partial charge in [-0.25, -0.2) is 0 Å². The molecule has 0 aliphatic carbocycles. The third-order valence-electron chi connectivity index (χ3n) is 2.17. The number of carbonyl (C=O) groups is 1. The maximum Gasteiger partial charge on any atom is 0.322 e. The number of methoxy groups -OCH3 is 1. The second-order valence-corrected chi connectivity index (χ2v) is 3.01. The zero-order valence-electron chi connectivity index (χ0n) is 8.17. The van der Waals surface area contributed by atoms with Crippen LogP contribution in [0.2, 0.25) is 0 Å². The van der Waals surface area contributed by atoms with Crippen molar-refractivity contribution >= 4 is 5.97 Å². The van der Waals surface area contributed by atoms with E-state index in [9.17, 15) is 4.79 Å². The molecule has 0 saturated heterocycles. The first kappa shape index (κ1) is 11.4. The van der Waals surface area contributed by atoms with Crippen LogP contribution in [0.15, 0.2) is 0 Å². The van der Waals surface area contributed by atoms with Crippen LogP contribution in [0.4, 0.5) is 0 Å². The molecule has 0 radical (unpaired) electrons. The van der Waals surface area contributed by atoms with Gasteiger partial charge in [0.2, 0.25) is 0 Å². The largest absolute Gasteiger partial charge is 0.468 e. The molecule has 0 aliphatic heterocycles. The molecule has 3 nitrogen and oxygen atoms in total. The van der Waals surface area contributed by atoms with Gasteiger partial charge in [0.1, 0.15) is 6.04 Å². The van der Waals surface area contributed by atoms with E-state index < -0.39 is 6.04 Å². The highest BCUT2D eigenvalue weighted by molar-refractivity contribution is 5.75. The molecule has 0 rings (SSSR count). The van der Waals surface area contributed by atoms with E-state index in [0.717, 1.165) is 19.3 Å². The predicted octanol–water partition coefficient (Wildman–Crippen LogP) is 1.31. The first-order valence-corrected chi connectivity index (χ1v) is 4.50. The predicted molar refractivity (Wildman–Crippen MR) is 48.7 cm³/mol. The molecule has 0 amide bonds. The van der Waals surface area contributed by atoms with Crippen molar-refractivity contribution in [1.82, 2.24) is 0 Å². The van der Waals surface area contributed by atoms with E-state index in [4.69, 9.17) is 5.73 Å². The molecule has 72 valence electrons. The molecular weight excluding hydrogens is 154 g/mol. The zero-order chi connectivity index (χ0) is 9.56. The number of carbonyl (C=O) groups excluding carboxylic acids is 1. The number of nitrogens with two attached hydrogens (primary N) is 1. The van der Waals surface area contributed by atoms with Gasteiger partial charge in [-0.2, -0.15) is 0 Å². The number of rotatable bonds is 5. The molecule has 2 N–H and O–H groups in total. The van der Waals surface area contributed by atoms with Gasteiger partial charge in [0.15, 0.2) is 0 Å². The number of esters is 1. The Labute approximate surface area is 74.3 Å². The van der Waals surface area contributed by atoms with Gasteiger partial charge < -0.3 is 10.5 Å². The summed E-state index contributed by atoms with van der Waals surface area (Å²) in [5.41, 5.74) is 5.69. The van der Waals surface area contributed by atoms with Gasteiger partial charge in [0, 0.05) is 0 Å². The normalized spacial score (nSPS) is 15.3. The van der Waals surface area contributed by atoms with Crippen LogP contribution < -0.4 is 5.73 Å². The molecule has 0 aromatic heterocycles. The van der Waals surface area contributed by atoms with Gasteiger partial charge in [-0.05, 0) is 12.3 Å². The van der Waals surface area contributed by atoms with E-state index in [2.05, 4.69) is 11.7 Å². The van der Waals surface area contributed by atoms with Gasteiger partial charge in [-0.15, -0.1) is 0 Å². The molecule has 12 heavy (non-hydrogen) atoms. The van der Waals surface area contributed by atoms with E-state index >= 15 is 0 Å². The lowest BCUT2D eigenvalue weighted by Crippen LogP contribution is -2.38. The Morgan fingerprint density at radius 3 is 2.42 bits per heavy atom. The fourth-order valence-electron chi connectivity index (χ4n) is 1.34. The standard InChI is InChI=1S/C9H19NO2/c1-4-6-7(5-2)8(10)9(11)12-3/h7-8H,4-6,10H2,1-3H3. The molecule has 0 spiro atoms. The quantitative estimate of drug-likeness (QED) is 0.638. The van der Waals surface area contributed by atoms with Crippen molar-refractivity contribution in [2.24, 2.45) is 11.7 Å². The van der Waals surface area contributed by atoms with Crippen LogP contribution in [0.5, 0.6) is 0 Å². The van der Waals surface area contributed by atoms with Crippen molar-refractivity contribution in [3.05, 3.63) is 0 Å². The van der Waals surface area contributed by atoms with Crippen LogP contribution in [0.25, 0.3) is 0 Å². The number of ether oxygens (including phenoxy) is 1. The van der Waals surface area contributed by atoms with Crippen LogP contribution in [-0.4, -0.2) is 19.1 Å². The van der Waals surface area contributed by atoms with Gasteiger partial charge in [0.25, 0.3) is 0 Å². The molecule has 0 aliphatic rings. The van der Waals surface area contributed by atoms with E-state index in [1.807, 2.05) is 6.92 Å². The van der Waals surface area contributed by atoms with Crippen LogP contribution in [0, 0.1) is 5.92 Å². The summed E-state index contributed by atoms with van der Waals surface area (Å²) in [6, 6.07) is -0.444. The molecule has 0 fully saturated rings. The smallest absolute Gasteiger partial charge is 0.322 e. The van der Waals surface area contributed by atoms with Crippen molar-refractivity contribution in [3.8, 4) is 0 Å². The molecule has 2 unspecified atom stereocenters. The summed E-state index contributed by atoms with van der Waals surface area (Å²) in [6.45, 7) is 4.13. The van der Waals surface area contributed by atoms with Crippen molar-refractivity contribution in [2.45, 2.75) is 39.2 Å². The van der Waals surface area contributed by atoms with Crippen molar-refractivity contribution in [1.29, 1.82) is 0 Å². The van der Waals surface area contributed by atoms with E-state index in [0.29, 0.717) is 0 Å². The summed E-state index contributed by atoms with van der Waals surface area (Å²) in [5, 5.41) is 0. The second kappa shape index (κ2) is 6.00. The van der Waals surface area contributed by atoms with Crippen LogP contribution in [0.1, 0.15) is 33.1 Å². The Kier molecular flexibility index (Phi) is 5.72. The summed E-state index contributed by atoms with van der Waals surface area (Å²) >= 11 is 0. The first-order valence-electron chi connectivity index (χ1n) is 4.50. The third kappa shape index (κ3) is 3.22. The highest BCUT2D eigenvalue weighted by Crippen LogP contribution is 2.14. The Bertz CT molecular complexity index is 136. The zero-order valence-corrected chi connectivity index (χ0v) is 8.17. The Balaban J connectivity index is 4.00. The lowest BCUT2D eigenvalue weighted by Gasteiger charge is -2.19. The van der Waals surface area contributed by atoms with Crippen LogP contribution in [-0.2, 0) is 9.53 Å². The molecule has 0 saturated carbocycles. The number of hydrogen-bond donors (Lipinski definition) is 1. The van der Waals surface area contributed by atoms with Crippen LogP contribution >= 0.6 is 0 Å². The third-order valence-corrected chi connectivity index (χ3v) is 2.17. The minimum atomic E-state index is -0.444. The molecule has 0 heterocycles. The molecule has 0 aromatic rings. The van der Waals surface area contributed by atoms with Crippen molar-refractivity contribution in [2.75, 3.05) is 7.11 Å². The van der Waals surface area contributed by atoms with Gasteiger partial charge in [0.05, 0.1) is 7.11 Å². The van der Waals surface area contributed by atoms with Gasteiger partial charge in [-0.3, -0.25) is 4.79 Å². The SMILES string of the molecule is CCCC(CC)C(N)C(=O)OC. The monoisotopic (exact) mass is 173 g/mol. The molecule has 2 atom stereocenters. The maximum atomic E-state index is 11.0. The maximum absolute atomic E-state index is 11.0. The Morgan fingerprint density at radius 2 is 2.08 bits per heavy atom. The summed E-state index contributed by atoms with van der Waals surface area (Å²) in [5.74, 6) is -0.0299. The summed E-state index contributed by atoms with van der Waals surface area (Å²) in [4.78, 5) is 11.0. The Morgan fingerprint density at radius 1 is 1.50 bits per heavy atom. The average molecular weight is 173 g/mol. The highest BCUT2D eigenvalue weighted by atomic mass is 16.5. The topological polar surface area (TPSA) is 52.3 Å². The Hall–Kier alpha value is -0.570. The summed E-state index contributed by atoms with van der Waals surface area (Å²) in [6.07, 6.45) is 2.99. The van der Waals surface area contributed by atoms with E-state index in [-0.39, 0.29) is 11.9 Å². The van der Waals surface area contributed by atoms with E-state index in [1.54, 1.807) is 0 Å². The van der Waals surface area contributed by atoms with Crippen molar-refractivity contribution in [3.63, 3.8) is 0 Å². The summed E-state index contributed by atoms with van der Waals surface area (Å²) in [7, 11) is 1.38. The molecule has 3 heteroatoms. The lowest BCUT2D eigenvalue weighted by molar-refractivity contribution is -0.143. The first-order chi connectivity index (χ1) is 5.67. The highest BCUT2D eigenvalue weighted by Gasteiger charge is 2.22. The minimum absolute atomic E-state index is 0.266. The fraction of sp³-hybridized carbons (Fsp3) is 0.889. The average Bonchev–Trinajstić information content (AvgIpc) is 2.11. The van der Waals surface area contributed by atoms with Gasteiger partial charge in [-0.1, -0.05) is 26.7 Å². The van der Waals surface area contributed by atoms with E-state index in [1.165, 1.54) is 7.11 Å². The number of hydrogen-bond acceptors (Lipinski definition) is 3. The molecule has 0 bridgehead atoms. The second-order valence-electron chi connectivity index (χ2n) is 3.01. The minimum Gasteiger partial charge on any atom is -0.468 e. The fourth-order valence-corrected chi connectivity index (χ4v) is 1.34. The molecular formula is C9H19NO2. The van der Waals surface area contributed by atoms with Crippen LogP contribution in [0.3, 0.4) is 0 Å². The van der Waals surface area contributed by atoms with Gasteiger partial charge >= 0.3 is 5.97 Å². The van der Waals surface area contributed by atoms with Crippen molar-refractivity contribution < 1.29 is 9.53 Å². The summed E-state index contributed by atoms with van der Waals surface area (Å²) < 4.78 is 4.58. The lowest BCUT2D eigenvalue weighted by atomic mass is 9.93.